The van der Waals surface area contributed by atoms with Crippen LogP contribution in [0.2, 0.25) is 0 Å². The van der Waals surface area contributed by atoms with Crippen LogP contribution in [0.25, 0.3) is 10.9 Å². The van der Waals surface area contributed by atoms with E-state index in [0.717, 1.165) is 18.2 Å². The average molecular weight is 322 g/mol. The number of pyridine rings is 1. The molecule has 0 bridgehead atoms. The number of nitrogens with zero attached hydrogens (tertiary/aromatic N) is 3. The van der Waals surface area contributed by atoms with Gasteiger partial charge in [0.25, 0.3) is 11.5 Å². The number of anilines is 1. The number of aromatic nitrogens is 3. The summed E-state index contributed by atoms with van der Waals surface area (Å²) in [6.07, 6.45) is 3.47. The minimum absolute atomic E-state index is 0.202. The minimum Gasteiger partial charge on any atom is -0.319 e. The highest BCUT2D eigenvalue weighted by atomic mass is 16.2. The summed E-state index contributed by atoms with van der Waals surface area (Å²) in [6.45, 7) is 2.54. The van der Waals surface area contributed by atoms with Gasteiger partial charge in [-0.1, -0.05) is 31.5 Å². The lowest BCUT2D eigenvalue weighted by Gasteiger charge is -2.09. The van der Waals surface area contributed by atoms with E-state index >= 15 is 0 Å². The van der Waals surface area contributed by atoms with Crippen LogP contribution in [-0.2, 0) is 6.54 Å². The number of aryl methyl sites for hydroxylation is 1. The molecule has 1 N–H and O–H groups in total. The Hall–Kier alpha value is -3.02. The zero-order chi connectivity index (χ0) is 16.9. The van der Waals surface area contributed by atoms with Crippen LogP contribution in [0, 0.1) is 0 Å². The summed E-state index contributed by atoms with van der Waals surface area (Å²) in [5.74, 6) is -0.363. The lowest BCUT2D eigenvalue weighted by Crippen LogP contribution is -2.26. The lowest BCUT2D eigenvalue weighted by molar-refractivity contribution is 0.102. The highest BCUT2D eigenvalue weighted by Crippen LogP contribution is 2.20. The lowest BCUT2D eigenvalue weighted by atomic mass is 10.2. The number of carbonyl (C=O) groups excluding carboxylic acids is 1. The van der Waals surface area contributed by atoms with Crippen molar-refractivity contribution in [2.24, 2.45) is 0 Å². The van der Waals surface area contributed by atoms with Gasteiger partial charge in [0.2, 0.25) is 0 Å². The second kappa shape index (κ2) is 7.04. The molecule has 2 aromatic heterocycles. The zero-order valence-corrected chi connectivity index (χ0v) is 13.4. The first kappa shape index (κ1) is 15.9. The van der Waals surface area contributed by atoms with E-state index in [0.29, 0.717) is 17.7 Å². The van der Waals surface area contributed by atoms with E-state index in [1.54, 1.807) is 12.3 Å². The van der Waals surface area contributed by atoms with Crippen molar-refractivity contribution in [3.63, 3.8) is 0 Å². The Morgan fingerprint density at radius 2 is 2.00 bits per heavy atom. The van der Waals surface area contributed by atoms with Gasteiger partial charge in [-0.05, 0) is 24.6 Å². The summed E-state index contributed by atoms with van der Waals surface area (Å²) in [4.78, 5) is 28.6. The molecule has 0 saturated heterocycles. The molecule has 2 heterocycles. The molecule has 0 unspecified atom stereocenters. The molecule has 122 valence electrons. The smallest absolute Gasteiger partial charge is 0.276 e. The molecular weight excluding hydrogens is 304 g/mol. The second-order valence-corrected chi connectivity index (χ2v) is 5.47. The topological polar surface area (TPSA) is 76.9 Å². The molecule has 1 aromatic carbocycles. The van der Waals surface area contributed by atoms with Gasteiger partial charge in [0, 0.05) is 24.2 Å². The van der Waals surface area contributed by atoms with Gasteiger partial charge in [0.15, 0.2) is 0 Å². The van der Waals surface area contributed by atoms with E-state index in [9.17, 15) is 9.59 Å². The van der Waals surface area contributed by atoms with Gasteiger partial charge in [-0.2, -0.15) is 5.10 Å². The molecule has 1 amide bonds. The van der Waals surface area contributed by atoms with Crippen LogP contribution in [0.5, 0.6) is 0 Å². The first-order valence-electron chi connectivity index (χ1n) is 7.92. The quantitative estimate of drug-likeness (QED) is 0.783. The van der Waals surface area contributed by atoms with Gasteiger partial charge in [-0.25, -0.2) is 4.68 Å². The van der Waals surface area contributed by atoms with E-state index in [-0.39, 0.29) is 17.2 Å². The van der Waals surface area contributed by atoms with Crippen molar-refractivity contribution < 1.29 is 4.79 Å². The van der Waals surface area contributed by atoms with Gasteiger partial charge < -0.3 is 5.32 Å². The number of hydrogen-bond acceptors (Lipinski definition) is 4. The molecule has 6 nitrogen and oxygen atoms in total. The number of unbranched alkanes of at least 4 members (excludes halogenated alkanes) is 1. The number of hydrogen-bond donors (Lipinski definition) is 1. The fraction of sp³-hybridized carbons (Fsp3) is 0.222. The summed E-state index contributed by atoms with van der Waals surface area (Å²) < 4.78 is 1.33. The van der Waals surface area contributed by atoms with Gasteiger partial charge in [0.1, 0.15) is 5.69 Å². The largest absolute Gasteiger partial charge is 0.319 e. The normalized spacial score (nSPS) is 10.7. The maximum atomic E-state index is 12.5. The fourth-order valence-electron chi connectivity index (χ4n) is 2.43. The highest BCUT2D eigenvalue weighted by molar-refractivity contribution is 6.07. The predicted octanol–water partition coefficient (Wildman–Crippen LogP) is 2.84. The van der Waals surface area contributed by atoms with E-state index in [1.807, 2.05) is 31.2 Å². The first-order valence-corrected chi connectivity index (χ1v) is 7.92. The third kappa shape index (κ3) is 3.32. The summed E-state index contributed by atoms with van der Waals surface area (Å²) in [7, 11) is 0. The molecule has 0 aliphatic heterocycles. The van der Waals surface area contributed by atoms with Crippen LogP contribution < -0.4 is 10.9 Å². The van der Waals surface area contributed by atoms with Gasteiger partial charge >= 0.3 is 0 Å². The standard InChI is InChI=1S/C18H18N4O2/c1-2-3-12-22-16(23)10-9-15(21-22)18(24)20-14-8-4-6-13-7-5-11-19-17(13)14/h4-11H,2-3,12H2,1H3,(H,20,24). The maximum absolute atomic E-state index is 12.5. The van der Waals surface area contributed by atoms with Gasteiger partial charge in [-0.15, -0.1) is 0 Å². The number of nitrogens with one attached hydrogen (secondary N) is 1. The molecule has 24 heavy (non-hydrogen) atoms. The van der Waals surface area contributed by atoms with Crippen LogP contribution in [-0.4, -0.2) is 20.7 Å². The van der Waals surface area contributed by atoms with Crippen LogP contribution in [0.15, 0.2) is 53.5 Å². The van der Waals surface area contributed by atoms with Crippen molar-refractivity contribution in [2.45, 2.75) is 26.3 Å². The van der Waals surface area contributed by atoms with Crippen molar-refractivity contribution in [1.82, 2.24) is 14.8 Å². The number of para-hydroxylation sites is 1. The predicted molar refractivity (Wildman–Crippen MR) is 93.1 cm³/mol. The Morgan fingerprint density at radius 3 is 2.83 bits per heavy atom. The number of benzene rings is 1. The molecule has 3 rings (SSSR count). The summed E-state index contributed by atoms with van der Waals surface area (Å²) in [6, 6.07) is 12.2. The van der Waals surface area contributed by atoms with Crippen LogP contribution >= 0.6 is 0 Å². The molecule has 3 aromatic rings. The van der Waals surface area contributed by atoms with Gasteiger partial charge in [0.05, 0.1) is 11.2 Å². The van der Waals surface area contributed by atoms with Crippen molar-refractivity contribution in [3.8, 4) is 0 Å². The molecule has 6 heteroatoms. The summed E-state index contributed by atoms with van der Waals surface area (Å²) in [5, 5.41) is 7.92. The summed E-state index contributed by atoms with van der Waals surface area (Å²) in [5.41, 5.74) is 1.34. The zero-order valence-electron chi connectivity index (χ0n) is 13.4. The Kier molecular flexibility index (Phi) is 4.65. The van der Waals surface area contributed by atoms with Crippen LogP contribution in [0.4, 0.5) is 5.69 Å². The minimum atomic E-state index is -0.363. The van der Waals surface area contributed by atoms with E-state index in [2.05, 4.69) is 15.4 Å². The van der Waals surface area contributed by atoms with E-state index in [1.165, 1.54) is 16.8 Å². The van der Waals surface area contributed by atoms with Crippen LogP contribution in [0.3, 0.4) is 0 Å². The molecule has 0 fully saturated rings. The Balaban J connectivity index is 1.88. The maximum Gasteiger partial charge on any atom is 0.276 e. The fourth-order valence-corrected chi connectivity index (χ4v) is 2.43. The van der Waals surface area contributed by atoms with Crippen LogP contribution in [0.1, 0.15) is 30.3 Å². The van der Waals surface area contributed by atoms with E-state index < -0.39 is 0 Å². The monoisotopic (exact) mass is 322 g/mol. The Morgan fingerprint density at radius 1 is 1.17 bits per heavy atom. The SMILES string of the molecule is CCCCn1nc(C(=O)Nc2cccc3cccnc23)ccc1=O. The number of rotatable bonds is 5. The number of carbonyl (C=O) groups is 1. The third-order valence-corrected chi connectivity index (χ3v) is 3.70. The Labute approximate surface area is 139 Å². The van der Waals surface area contributed by atoms with E-state index in [4.69, 9.17) is 0 Å². The molecule has 0 saturated carbocycles. The van der Waals surface area contributed by atoms with Gasteiger partial charge in [-0.3, -0.25) is 14.6 Å². The molecule has 0 aliphatic carbocycles. The molecule has 0 spiro atoms. The third-order valence-electron chi connectivity index (χ3n) is 3.70. The highest BCUT2D eigenvalue weighted by Gasteiger charge is 2.12. The van der Waals surface area contributed by atoms with Crippen molar-refractivity contribution in [3.05, 3.63) is 64.7 Å². The first-order chi connectivity index (χ1) is 11.7. The molecular formula is C18H18N4O2. The van der Waals surface area contributed by atoms with Crippen molar-refractivity contribution in [2.75, 3.05) is 5.32 Å². The van der Waals surface area contributed by atoms with Crippen molar-refractivity contribution in [1.29, 1.82) is 0 Å². The molecule has 0 aliphatic rings. The van der Waals surface area contributed by atoms with Crippen molar-refractivity contribution >= 4 is 22.5 Å². The number of amides is 1. The average Bonchev–Trinajstić information content (AvgIpc) is 2.61. The second-order valence-electron chi connectivity index (χ2n) is 5.47. The molecule has 0 radical (unpaired) electrons. The Bertz CT molecular complexity index is 928. The number of fused-ring (bicyclic) bond motifs is 1. The summed E-state index contributed by atoms with van der Waals surface area (Å²) >= 11 is 0. The molecule has 0 atom stereocenters.